The number of carbonyl (C=O) groups is 1. The second kappa shape index (κ2) is 6.59. The lowest BCUT2D eigenvalue weighted by molar-refractivity contribution is 0.0479. The predicted molar refractivity (Wildman–Crippen MR) is 94.1 cm³/mol. The molecule has 2 atom stereocenters. The molecule has 1 aromatic heterocycles. The second-order valence-electron chi connectivity index (χ2n) is 6.46. The molecule has 1 aromatic carbocycles. The van der Waals surface area contributed by atoms with E-state index in [1.165, 1.54) is 6.42 Å². The van der Waals surface area contributed by atoms with Crippen LogP contribution in [-0.2, 0) is 0 Å². The van der Waals surface area contributed by atoms with Gasteiger partial charge >= 0.3 is 0 Å². The van der Waals surface area contributed by atoms with Crippen molar-refractivity contribution in [3.63, 3.8) is 0 Å². The van der Waals surface area contributed by atoms with Gasteiger partial charge in [-0.15, -0.1) is 0 Å². The van der Waals surface area contributed by atoms with Crippen molar-refractivity contribution >= 4 is 11.6 Å². The van der Waals surface area contributed by atoms with Gasteiger partial charge in [0.2, 0.25) is 0 Å². The molecule has 1 aliphatic heterocycles. The number of furan rings is 1. The van der Waals surface area contributed by atoms with Gasteiger partial charge < -0.3 is 19.8 Å². The molecular weight excluding hydrogens is 304 g/mol. The maximum absolute atomic E-state index is 12.8. The first kappa shape index (κ1) is 16.4. The van der Waals surface area contributed by atoms with Crippen molar-refractivity contribution in [1.82, 2.24) is 4.90 Å². The molecule has 0 spiro atoms. The van der Waals surface area contributed by atoms with E-state index in [1.807, 2.05) is 17.0 Å². The van der Waals surface area contributed by atoms with E-state index >= 15 is 0 Å². The van der Waals surface area contributed by atoms with Crippen LogP contribution in [0.1, 0.15) is 43.7 Å². The zero-order valence-corrected chi connectivity index (χ0v) is 14.4. The maximum atomic E-state index is 12.8. The maximum Gasteiger partial charge on any atom is 0.290 e. The van der Waals surface area contributed by atoms with Crippen LogP contribution in [0.3, 0.4) is 0 Å². The number of methoxy groups -OCH3 is 1. The van der Waals surface area contributed by atoms with E-state index in [1.54, 1.807) is 25.3 Å². The standard InChI is InChI=1S/C19H24N2O3/c1-12-5-4-6-13(2)21(12)19(22)18-10-9-16(24-18)14-7-8-17(23-3)15(20)11-14/h7-13H,4-6,20H2,1-3H3/t12-,13-/m1/s1. The third kappa shape index (κ3) is 2.98. The molecule has 2 N–H and O–H groups in total. The Labute approximate surface area is 142 Å². The lowest BCUT2D eigenvalue weighted by Gasteiger charge is -2.38. The Morgan fingerprint density at radius 2 is 1.92 bits per heavy atom. The summed E-state index contributed by atoms with van der Waals surface area (Å²) in [6.45, 7) is 4.20. The fourth-order valence-corrected chi connectivity index (χ4v) is 3.44. The van der Waals surface area contributed by atoms with Gasteiger partial charge in [-0.2, -0.15) is 0 Å². The highest BCUT2D eigenvalue weighted by Crippen LogP contribution is 2.31. The number of nitrogens with zero attached hydrogens (tertiary/aromatic N) is 1. The van der Waals surface area contributed by atoms with E-state index in [2.05, 4.69) is 13.8 Å². The van der Waals surface area contributed by atoms with E-state index in [-0.39, 0.29) is 18.0 Å². The molecule has 1 fully saturated rings. The van der Waals surface area contributed by atoms with Crippen molar-refractivity contribution < 1.29 is 13.9 Å². The highest BCUT2D eigenvalue weighted by molar-refractivity contribution is 5.92. The molecule has 0 unspecified atom stereocenters. The van der Waals surface area contributed by atoms with Crippen LogP contribution >= 0.6 is 0 Å². The van der Waals surface area contributed by atoms with Crippen LogP contribution in [0.5, 0.6) is 5.75 Å². The average molecular weight is 328 g/mol. The first-order chi connectivity index (χ1) is 11.5. The van der Waals surface area contributed by atoms with Crippen LogP contribution in [0.4, 0.5) is 5.69 Å². The third-order valence-corrected chi connectivity index (χ3v) is 4.76. The lowest BCUT2D eigenvalue weighted by Crippen LogP contribution is -2.47. The Kier molecular flexibility index (Phi) is 4.51. The van der Waals surface area contributed by atoms with Gasteiger partial charge in [0, 0.05) is 17.6 Å². The zero-order chi connectivity index (χ0) is 17.3. The topological polar surface area (TPSA) is 68.7 Å². The first-order valence-corrected chi connectivity index (χ1v) is 8.37. The Bertz CT molecular complexity index is 728. The van der Waals surface area contributed by atoms with Gasteiger partial charge in [0.15, 0.2) is 5.76 Å². The summed E-state index contributed by atoms with van der Waals surface area (Å²) in [4.78, 5) is 14.8. The number of nitrogen functional groups attached to an aromatic ring is 1. The van der Waals surface area contributed by atoms with Crippen molar-refractivity contribution in [3.8, 4) is 17.1 Å². The summed E-state index contributed by atoms with van der Waals surface area (Å²) in [6, 6.07) is 9.49. The van der Waals surface area contributed by atoms with E-state index in [9.17, 15) is 4.79 Å². The average Bonchev–Trinajstić information content (AvgIpc) is 3.04. The van der Waals surface area contributed by atoms with Crippen LogP contribution in [0.25, 0.3) is 11.3 Å². The van der Waals surface area contributed by atoms with Gasteiger partial charge in [0.05, 0.1) is 12.8 Å². The smallest absolute Gasteiger partial charge is 0.290 e. The molecular formula is C19H24N2O3. The van der Waals surface area contributed by atoms with Crippen molar-refractivity contribution in [2.24, 2.45) is 0 Å². The molecule has 2 heterocycles. The SMILES string of the molecule is COc1ccc(-c2ccc(C(=O)N3[C@H](C)CCC[C@H]3C)o2)cc1N. The summed E-state index contributed by atoms with van der Waals surface area (Å²) >= 11 is 0. The van der Waals surface area contributed by atoms with Crippen molar-refractivity contribution in [1.29, 1.82) is 0 Å². The number of ether oxygens (including phenoxy) is 1. The molecule has 24 heavy (non-hydrogen) atoms. The molecule has 128 valence electrons. The fourth-order valence-electron chi connectivity index (χ4n) is 3.44. The number of hydrogen-bond acceptors (Lipinski definition) is 4. The van der Waals surface area contributed by atoms with Crippen LogP contribution in [0.2, 0.25) is 0 Å². The normalized spacial score (nSPS) is 20.9. The molecule has 3 rings (SSSR count). The Balaban J connectivity index is 1.85. The number of benzene rings is 1. The first-order valence-electron chi connectivity index (χ1n) is 8.37. The number of carbonyl (C=O) groups excluding carboxylic acids is 1. The summed E-state index contributed by atoms with van der Waals surface area (Å²) in [5.74, 6) is 1.59. The Morgan fingerprint density at radius 1 is 1.21 bits per heavy atom. The Morgan fingerprint density at radius 3 is 2.54 bits per heavy atom. The number of hydrogen-bond donors (Lipinski definition) is 1. The van der Waals surface area contributed by atoms with E-state index < -0.39 is 0 Å². The fraction of sp³-hybridized carbons (Fsp3) is 0.421. The Hall–Kier alpha value is -2.43. The lowest BCUT2D eigenvalue weighted by atomic mass is 9.97. The van der Waals surface area contributed by atoms with Gasteiger partial charge in [-0.25, -0.2) is 0 Å². The molecule has 0 aliphatic carbocycles. The van der Waals surface area contributed by atoms with Gasteiger partial charge in [0.1, 0.15) is 11.5 Å². The van der Waals surface area contributed by atoms with E-state index in [0.29, 0.717) is 23.0 Å². The van der Waals surface area contributed by atoms with Crippen LogP contribution in [0.15, 0.2) is 34.7 Å². The highest BCUT2D eigenvalue weighted by Gasteiger charge is 2.31. The summed E-state index contributed by atoms with van der Waals surface area (Å²) in [5, 5.41) is 0. The van der Waals surface area contributed by atoms with Gasteiger partial charge in [-0.3, -0.25) is 4.79 Å². The molecule has 0 radical (unpaired) electrons. The van der Waals surface area contributed by atoms with E-state index in [4.69, 9.17) is 14.9 Å². The summed E-state index contributed by atoms with van der Waals surface area (Å²) in [6.07, 6.45) is 3.25. The summed E-state index contributed by atoms with van der Waals surface area (Å²) in [5.41, 5.74) is 7.31. The van der Waals surface area contributed by atoms with Crippen molar-refractivity contribution in [3.05, 3.63) is 36.1 Å². The molecule has 1 amide bonds. The third-order valence-electron chi connectivity index (χ3n) is 4.76. The van der Waals surface area contributed by atoms with Crippen molar-refractivity contribution in [2.75, 3.05) is 12.8 Å². The minimum Gasteiger partial charge on any atom is -0.495 e. The molecule has 1 saturated heterocycles. The second-order valence-corrected chi connectivity index (χ2v) is 6.46. The quantitative estimate of drug-likeness (QED) is 0.867. The molecule has 5 nitrogen and oxygen atoms in total. The molecule has 2 aromatic rings. The summed E-state index contributed by atoms with van der Waals surface area (Å²) in [7, 11) is 1.58. The number of piperidine rings is 1. The molecule has 1 aliphatic rings. The largest absolute Gasteiger partial charge is 0.495 e. The van der Waals surface area contributed by atoms with Crippen LogP contribution < -0.4 is 10.5 Å². The van der Waals surface area contributed by atoms with Crippen molar-refractivity contribution in [2.45, 2.75) is 45.2 Å². The number of anilines is 1. The van der Waals surface area contributed by atoms with E-state index in [0.717, 1.165) is 18.4 Å². The minimum absolute atomic E-state index is 0.0394. The van der Waals surface area contributed by atoms with Gasteiger partial charge in [-0.05, 0) is 63.4 Å². The van der Waals surface area contributed by atoms with Gasteiger partial charge in [0.25, 0.3) is 5.91 Å². The van der Waals surface area contributed by atoms with Crippen LogP contribution in [0, 0.1) is 0 Å². The monoisotopic (exact) mass is 328 g/mol. The highest BCUT2D eigenvalue weighted by atomic mass is 16.5. The number of nitrogens with two attached hydrogens (primary N) is 1. The predicted octanol–water partition coefficient (Wildman–Crippen LogP) is 3.94. The molecule has 0 bridgehead atoms. The van der Waals surface area contributed by atoms with Gasteiger partial charge in [-0.1, -0.05) is 0 Å². The summed E-state index contributed by atoms with van der Waals surface area (Å²) < 4.78 is 11.0. The number of likely N-dealkylation sites (tertiary alicyclic amines) is 1. The minimum atomic E-state index is -0.0394. The number of rotatable bonds is 3. The number of amides is 1. The molecule has 5 heteroatoms. The zero-order valence-electron chi connectivity index (χ0n) is 14.4. The molecule has 0 saturated carbocycles. The van der Waals surface area contributed by atoms with Crippen LogP contribution in [-0.4, -0.2) is 30.0 Å².